The average Bonchev–Trinajstić information content (AvgIpc) is 2.98. The Morgan fingerprint density at radius 1 is 1.35 bits per heavy atom. The molecule has 1 aliphatic heterocycles. The van der Waals surface area contributed by atoms with Crippen LogP contribution in [0.3, 0.4) is 0 Å². The molecule has 1 fully saturated rings. The molecule has 120 valence electrons. The van der Waals surface area contributed by atoms with Gasteiger partial charge in [0.05, 0.1) is 0 Å². The lowest BCUT2D eigenvalue weighted by molar-refractivity contribution is 0.262. The lowest BCUT2D eigenvalue weighted by Gasteiger charge is -2.29. The molecule has 1 aromatic carbocycles. The molecule has 0 atom stereocenters. The fourth-order valence-corrected chi connectivity index (χ4v) is 2.72. The van der Waals surface area contributed by atoms with Crippen LogP contribution in [-0.2, 0) is 6.61 Å². The second-order valence-corrected chi connectivity index (χ2v) is 6.22. The van der Waals surface area contributed by atoms with Crippen LogP contribution in [0.2, 0.25) is 5.02 Å². The van der Waals surface area contributed by atoms with Crippen molar-refractivity contribution in [2.45, 2.75) is 26.4 Å². The normalized spacial score (nSPS) is 15.4. The lowest BCUT2D eigenvalue weighted by Crippen LogP contribution is -2.32. The van der Waals surface area contributed by atoms with Gasteiger partial charge in [0, 0.05) is 18.1 Å². The van der Waals surface area contributed by atoms with E-state index >= 15 is 0 Å². The molecule has 23 heavy (non-hydrogen) atoms. The first-order chi connectivity index (χ1) is 11.2. The van der Waals surface area contributed by atoms with Crippen molar-refractivity contribution in [2.75, 3.05) is 18.0 Å². The number of ether oxygens (including phenoxy) is 1. The zero-order valence-electron chi connectivity index (χ0n) is 13.0. The fraction of sp³-hybridized carbons (Fsp3) is 0.412. The van der Waals surface area contributed by atoms with Crippen molar-refractivity contribution in [3.8, 4) is 11.8 Å². The number of halogens is 1. The van der Waals surface area contributed by atoms with Crippen LogP contribution >= 0.6 is 11.6 Å². The standard InChI is InChI=1S/C17H18ClN3O2/c1-12-6-8-21(9-7-12)17-15(10-19)20-16(23-17)11-22-14-4-2-13(18)3-5-14/h2-5,12H,6-9,11H2,1H3. The second kappa shape index (κ2) is 6.93. The number of nitriles is 1. The Balaban J connectivity index is 1.69. The summed E-state index contributed by atoms with van der Waals surface area (Å²) in [7, 11) is 0. The number of aromatic nitrogens is 1. The van der Waals surface area contributed by atoms with E-state index < -0.39 is 0 Å². The molecule has 0 N–H and O–H groups in total. The van der Waals surface area contributed by atoms with Crippen LogP contribution in [0.1, 0.15) is 31.4 Å². The van der Waals surface area contributed by atoms with Gasteiger partial charge in [-0.05, 0) is 43.0 Å². The maximum Gasteiger partial charge on any atom is 0.236 e. The van der Waals surface area contributed by atoms with Crippen molar-refractivity contribution < 1.29 is 9.15 Å². The zero-order valence-corrected chi connectivity index (χ0v) is 13.7. The molecule has 0 spiro atoms. The molecule has 2 heterocycles. The van der Waals surface area contributed by atoms with Gasteiger partial charge in [-0.25, -0.2) is 0 Å². The summed E-state index contributed by atoms with van der Waals surface area (Å²) in [5, 5.41) is 9.93. The number of hydrogen-bond donors (Lipinski definition) is 0. The topological polar surface area (TPSA) is 62.3 Å². The SMILES string of the molecule is CC1CCN(c2oc(COc3ccc(Cl)cc3)nc2C#N)CC1. The Bertz CT molecular complexity index is 698. The quantitative estimate of drug-likeness (QED) is 0.846. The third kappa shape index (κ3) is 3.77. The Labute approximate surface area is 140 Å². The lowest BCUT2D eigenvalue weighted by atomic mass is 9.99. The van der Waals surface area contributed by atoms with Crippen LogP contribution in [0.15, 0.2) is 28.7 Å². The van der Waals surface area contributed by atoms with Crippen molar-refractivity contribution in [1.29, 1.82) is 5.26 Å². The molecule has 0 amide bonds. The third-order valence-corrected chi connectivity index (χ3v) is 4.26. The van der Waals surface area contributed by atoms with E-state index in [1.165, 1.54) is 0 Å². The average molecular weight is 332 g/mol. The monoisotopic (exact) mass is 331 g/mol. The minimum absolute atomic E-state index is 0.181. The molecule has 0 radical (unpaired) electrons. The van der Waals surface area contributed by atoms with Crippen molar-refractivity contribution in [3.63, 3.8) is 0 Å². The van der Waals surface area contributed by atoms with Gasteiger partial charge in [0.25, 0.3) is 0 Å². The highest BCUT2D eigenvalue weighted by Crippen LogP contribution is 2.27. The van der Waals surface area contributed by atoms with E-state index in [-0.39, 0.29) is 6.61 Å². The smallest absolute Gasteiger partial charge is 0.236 e. The zero-order chi connectivity index (χ0) is 16.2. The third-order valence-electron chi connectivity index (χ3n) is 4.01. The number of benzene rings is 1. The van der Waals surface area contributed by atoms with Crippen LogP contribution in [0.5, 0.6) is 5.75 Å². The van der Waals surface area contributed by atoms with Gasteiger partial charge in [-0.3, -0.25) is 0 Å². The van der Waals surface area contributed by atoms with E-state index in [1.54, 1.807) is 24.3 Å². The first kappa shape index (κ1) is 15.7. The van der Waals surface area contributed by atoms with Gasteiger partial charge in [-0.2, -0.15) is 10.2 Å². The van der Waals surface area contributed by atoms with Crippen LogP contribution in [0, 0.1) is 17.2 Å². The maximum absolute atomic E-state index is 9.28. The minimum Gasteiger partial charge on any atom is -0.484 e. The largest absolute Gasteiger partial charge is 0.484 e. The van der Waals surface area contributed by atoms with E-state index in [0.29, 0.717) is 34.2 Å². The van der Waals surface area contributed by atoms with Crippen molar-refractivity contribution in [2.24, 2.45) is 5.92 Å². The van der Waals surface area contributed by atoms with E-state index in [2.05, 4.69) is 22.9 Å². The number of nitrogens with zero attached hydrogens (tertiary/aromatic N) is 3. The maximum atomic E-state index is 9.28. The Hall–Kier alpha value is -2.19. The predicted molar refractivity (Wildman–Crippen MR) is 87.6 cm³/mol. The number of oxazole rings is 1. The highest BCUT2D eigenvalue weighted by Gasteiger charge is 2.23. The summed E-state index contributed by atoms with van der Waals surface area (Å²) in [5.41, 5.74) is 0.328. The van der Waals surface area contributed by atoms with Gasteiger partial charge in [0.1, 0.15) is 11.8 Å². The highest BCUT2D eigenvalue weighted by atomic mass is 35.5. The molecule has 0 bridgehead atoms. The molecule has 0 unspecified atom stereocenters. The number of rotatable bonds is 4. The molecule has 0 aliphatic carbocycles. The number of piperidine rings is 1. The number of anilines is 1. The van der Waals surface area contributed by atoms with E-state index in [4.69, 9.17) is 20.8 Å². The van der Waals surface area contributed by atoms with Gasteiger partial charge in [0.2, 0.25) is 17.5 Å². The Morgan fingerprint density at radius 3 is 2.70 bits per heavy atom. The molecule has 1 aliphatic rings. The molecule has 1 aromatic heterocycles. The molecular weight excluding hydrogens is 314 g/mol. The Kier molecular flexibility index (Phi) is 4.73. The summed E-state index contributed by atoms with van der Waals surface area (Å²) in [6.45, 7) is 4.21. The fourth-order valence-electron chi connectivity index (χ4n) is 2.59. The van der Waals surface area contributed by atoms with Gasteiger partial charge in [0.15, 0.2) is 6.61 Å². The van der Waals surface area contributed by atoms with E-state index in [9.17, 15) is 5.26 Å². The molecule has 6 heteroatoms. The van der Waals surface area contributed by atoms with Crippen LogP contribution in [0.4, 0.5) is 5.88 Å². The Morgan fingerprint density at radius 2 is 2.04 bits per heavy atom. The van der Waals surface area contributed by atoms with Crippen molar-refractivity contribution >= 4 is 17.5 Å². The minimum atomic E-state index is 0.181. The van der Waals surface area contributed by atoms with Gasteiger partial charge < -0.3 is 14.1 Å². The molecule has 0 saturated carbocycles. The van der Waals surface area contributed by atoms with Gasteiger partial charge in [-0.1, -0.05) is 18.5 Å². The molecule has 1 saturated heterocycles. The molecular formula is C17H18ClN3O2. The molecule has 2 aromatic rings. The summed E-state index contributed by atoms with van der Waals surface area (Å²) >= 11 is 5.84. The summed E-state index contributed by atoms with van der Waals surface area (Å²) in [6.07, 6.45) is 2.20. The highest BCUT2D eigenvalue weighted by molar-refractivity contribution is 6.30. The van der Waals surface area contributed by atoms with Crippen molar-refractivity contribution in [3.05, 3.63) is 40.9 Å². The summed E-state index contributed by atoms with van der Waals surface area (Å²) in [5.74, 6) is 2.37. The molecule has 5 nitrogen and oxygen atoms in total. The van der Waals surface area contributed by atoms with Crippen LogP contribution < -0.4 is 9.64 Å². The predicted octanol–water partition coefficient (Wildman–Crippen LogP) is 4.01. The number of hydrogen-bond acceptors (Lipinski definition) is 5. The summed E-state index contributed by atoms with van der Waals surface area (Å²) in [6, 6.07) is 9.19. The van der Waals surface area contributed by atoms with E-state index in [1.807, 2.05) is 0 Å². The first-order valence-electron chi connectivity index (χ1n) is 7.69. The van der Waals surface area contributed by atoms with Gasteiger partial charge >= 0.3 is 0 Å². The van der Waals surface area contributed by atoms with Crippen LogP contribution in [-0.4, -0.2) is 18.1 Å². The molecule has 3 rings (SSSR count). The first-order valence-corrected chi connectivity index (χ1v) is 8.06. The van der Waals surface area contributed by atoms with Crippen LogP contribution in [0.25, 0.3) is 0 Å². The van der Waals surface area contributed by atoms with Gasteiger partial charge in [-0.15, -0.1) is 0 Å². The van der Waals surface area contributed by atoms with E-state index in [0.717, 1.165) is 25.9 Å². The summed E-state index contributed by atoms with van der Waals surface area (Å²) < 4.78 is 11.4. The summed E-state index contributed by atoms with van der Waals surface area (Å²) in [4.78, 5) is 6.33. The second-order valence-electron chi connectivity index (χ2n) is 5.79. The van der Waals surface area contributed by atoms with Crippen molar-refractivity contribution in [1.82, 2.24) is 4.98 Å².